The van der Waals surface area contributed by atoms with Crippen molar-refractivity contribution in [1.29, 1.82) is 0 Å². The fourth-order valence-electron chi connectivity index (χ4n) is 1.65. The summed E-state index contributed by atoms with van der Waals surface area (Å²) >= 11 is 0.966. The van der Waals surface area contributed by atoms with Crippen LogP contribution in [0, 0.1) is 0 Å². The summed E-state index contributed by atoms with van der Waals surface area (Å²) in [6.07, 6.45) is 0. The van der Waals surface area contributed by atoms with Crippen LogP contribution in [0.4, 0.5) is 5.95 Å². The zero-order valence-corrected chi connectivity index (χ0v) is 10.8. The van der Waals surface area contributed by atoms with Gasteiger partial charge in [-0.2, -0.15) is 0 Å². The molecular weight excluding hydrogens is 280 g/mol. The Hall–Kier alpha value is -2.74. The Morgan fingerprint density at radius 3 is 2.75 bits per heavy atom. The van der Waals surface area contributed by atoms with Crippen molar-refractivity contribution in [3.05, 3.63) is 40.3 Å². The average molecular weight is 288 g/mol. The van der Waals surface area contributed by atoms with Gasteiger partial charge < -0.3 is 10.1 Å². The molecule has 0 spiro atoms. The first-order valence-corrected chi connectivity index (χ1v) is 6.46. The summed E-state index contributed by atoms with van der Waals surface area (Å²) < 4.78 is 0. The van der Waals surface area contributed by atoms with E-state index in [-0.39, 0.29) is 10.7 Å². The van der Waals surface area contributed by atoms with E-state index in [0.717, 1.165) is 22.4 Å². The molecule has 2 heterocycles. The third-order valence-electron chi connectivity index (χ3n) is 2.54. The summed E-state index contributed by atoms with van der Waals surface area (Å²) in [5, 5.41) is 12.7. The minimum Gasteiger partial charge on any atom is -0.476 e. The maximum absolute atomic E-state index is 11.9. The first kappa shape index (κ1) is 12.3. The highest BCUT2D eigenvalue weighted by Crippen LogP contribution is 2.15. The van der Waals surface area contributed by atoms with Crippen LogP contribution in [0.3, 0.4) is 0 Å². The molecule has 100 valence electrons. The fraction of sp³-hybridized carbons (Fsp3) is 0. The largest absolute Gasteiger partial charge is 0.476 e. The molecule has 0 unspecified atom stereocenters. The highest BCUT2D eigenvalue weighted by atomic mass is 32.1. The number of H-pyrrole nitrogens is 1. The molecule has 1 aromatic carbocycles. The molecule has 1 amide bonds. The number of thiazole rings is 1. The predicted molar refractivity (Wildman–Crippen MR) is 73.1 cm³/mol. The van der Waals surface area contributed by atoms with Crippen molar-refractivity contribution in [2.75, 3.05) is 5.32 Å². The van der Waals surface area contributed by atoms with Crippen LogP contribution < -0.4 is 5.32 Å². The molecule has 3 N–H and O–H groups in total. The quantitative estimate of drug-likeness (QED) is 0.683. The number of nitrogens with one attached hydrogen (secondary N) is 2. The van der Waals surface area contributed by atoms with E-state index >= 15 is 0 Å². The lowest BCUT2D eigenvalue weighted by Gasteiger charge is -1.96. The van der Waals surface area contributed by atoms with Crippen molar-refractivity contribution in [3.63, 3.8) is 0 Å². The second kappa shape index (κ2) is 4.74. The summed E-state index contributed by atoms with van der Waals surface area (Å²) in [4.78, 5) is 33.5. The molecule has 2 aromatic heterocycles. The van der Waals surface area contributed by atoms with Crippen LogP contribution in [0.15, 0.2) is 29.6 Å². The van der Waals surface area contributed by atoms with E-state index in [9.17, 15) is 9.59 Å². The van der Waals surface area contributed by atoms with Gasteiger partial charge in [-0.25, -0.2) is 14.8 Å². The van der Waals surface area contributed by atoms with Crippen LogP contribution in [0.2, 0.25) is 0 Å². The lowest BCUT2D eigenvalue weighted by molar-refractivity contribution is 0.0691. The first-order valence-electron chi connectivity index (χ1n) is 5.58. The number of aromatic amines is 1. The molecule has 8 heteroatoms. The Morgan fingerprint density at radius 1 is 1.25 bits per heavy atom. The minimum absolute atomic E-state index is 0.0721. The highest BCUT2D eigenvalue weighted by Gasteiger charge is 2.16. The number of aromatic nitrogens is 3. The summed E-state index contributed by atoms with van der Waals surface area (Å²) in [6.45, 7) is 0. The molecule has 0 bridgehead atoms. The number of hydrogen-bond acceptors (Lipinski definition) is 5. The van der Waals surface area contributed by atoms with Gasteiger partial charge in [-0.05, 0) is 12.1 Å². The molecule has 0 atom stereocenters. The van der Waals surface area contributed by atoms with Crippen LogP contribution in [-0.4, -0.2) is 31.9 Å². The summed E-state index contributed by atoms with van der Waals surface area (Å²) in [6, 6.07) is 7.35. The number of rotatable bonds is 3. The Morgan fingerprint density at radius 2 is 2.05 bits per heavy atom. The zero-order valence-electron chi connectivity index (χ0n) is 9.95. The second-order valence-corrected chi connectivity index (χ2v) is 4.76. The number of hydrogen-bond donors (Lipinski definition) is 3. The van der Waals surface area contributed by atoms with Crippen molar-refractivity contribution < 1.29 is 14.7 Å². The maximum atomic E-state index is 11.9. The number of amides is 1. The van der Waals surface area contributed by atoms with E-state index in [1.165, 1.54) is 5.38 Å². The molecule has 0 saturated carbocycles. The van der Waals surface area contributed by atoms with Crippen LogP contribution in [-0.2, 0) is 0 Å². The lowest BCUT2D eigenvalue weighted by atomic mass is 10.3. The van der Waals surface area contributed by atoms with Crippen molar-refractivity contribution >= 4 is 40.2 Å². The molecule has 0 aliphatic rings. The molecule has 0 aliphatic carbocycles. The average Bonchev–Trinajstić information content (AvgIpc) is 3.04. The van der Waals surface area contributed by atoms with Gasteiger partial charge in [0.2, 0.25) is 5.95 Å². The second-order valence-electron chi connectivity index (χ2n) is 3.90. The molecule has 7 nitrogen and oxygen atoms in total. The number of fused-ring (bicyclic) bond motifs is 1. The lowest BCUT2D eigenvalue weighted by Crippen LogP contribution is -2.13. The zero-order chi connectivity index (χ0) is 14.1. The Kier molecular flexibility index (Phi) is 2.92. The number of imidazole rings is 1. The third-order valence-corrected chi connectivity index (χ3v) is 3.38. The number of para-hydroxylation sites is 2. The number of carboxylic acid groups (broad SMARTS) is 1. The van der Waals surface area contributed by atoms with Crippen molar-refractivity contribution in [1.82, 2.24) is 15.0 Å². The Balaban J connectivity index is 1.82. The van der Waals surface area contributed by atoms with Gasteiger partial charge in [0.05, 0.1) is 11.0 Å². The fourth-order valence-corrected chi connectivity index (χ4v) is 2.34. The third kappa shape index (κ3) is 2.24. The molecule has 0 fully saturated rings. The van der Waals surface area contributed by atoms with E-state index in [4.69, 9.17) is 5.11 Å². The standard InChI is InChI=1S/C12H8N4O3S/c17-9(10-13-8(5-20-10)11(18)19)16-12-14-6-3-1-2-4-7(6)15-12/h1-5H,(H,18,19)(H2,14,15,16,17). The van der Waals surface area contributed by atoms with Gasteiger partial charge in [-0.1, -0.05) is 12.1 Å². The number of aromatic carboxylic acids is 1. The number of nitrogens with zero attached hydrogens (tertiary/aromatic N) is 2. The van der Waals surface area contributed by atoms with Crippen LogP contribution >= 0.6 is 11.3 Å². The van der Waals surface area contributed by atoms with Crippen LogP contribution in [0.1, 0.15) is 20.3 Å². The molecule has 3 rings (SSSR count). The molecule has 0 saturated heterocycles. The number of benzene rings is 1. The molecule has 0 radical (unpaired) electrons. The van der Waals surface area contributed by atoms with E-state index in [0.29, 0.717) is 5.95 Å². The van der Waals surface area contributed by atoms with E-state index in [1.807, 2.05) is 24.3 Å². The maximum Gasteiger partial charge on any atom is 0.355 e. The predicted octanol–water partition coefficient (Wildman–Crippen LogP) is 1.97. The number of carbonyl (C=O) groups is 2. The summed E-state index contributed by atoms with van der Waals surface area (Å²) in [5.41, 5.74) is 1.38. The summed E-state index contributed by atoms with van der Waals surface area (Å²) in [5.74, 6) is -1.37. The smallest absolute Gasteiger partial charge is 0.355 e. The Bertz CT molecular complexity index is 775. The molecule has 20 heavy (non-hydrogen) atoms. The number of carboxylic acids is 1. The van der Waals surface area contributed by atoms with Gasteiger partial charge in [0.25, 0.3) is 5.91 Å². The van der Waals surface area contributed by atoms with Gasteiger partial charge in [0.15, 0.2) is 10.7 Å². The van der Waals surface area contributed by atoms with E-state index in [1.54, 1.807) is 0 Å². The van der Waals surface area contributed by atoms with Gasteiger partial charge >= 0.3 is 5.97 Å². The van der Waals surface area contributed by atoms with Gasteiger partial charge in [-0.15, -0.1) is 11.3 Å². The van der Waals surface area contributed by atoms with Crippen molar-refractivity contribution in [3.8, 4) is 0 Å². The van der Waals surface area contributed by atoms with Crippen molar-refractivity contribution in [2.45, 2.75) is 0 Å². The number of carbonyl (C=O) groups excluding carboxylic acids is 1. The SMILES string of the molecule is O=C(O)c1csc(C(=O)Nc2nc3ccccc3[nH]2)n1. The normalized spacial score (nSPS) is 10.6. The Labute approximate surface area is 116 Å². The van der Waals surface area contributed by atoms with Gasteiger partial charge in [-0.3, -0.25) is 10.1 Å². The van der Waals surface area contributed by atoms with Crippen LogP contribution in [0.25, 0.3) is 11.0 Å². The van der Waals surface area contributed by atoms with Gasteiger partial charge in [0, 0.05) is 5.38 Å². The monoisotopic (exact) mass is 288 g/mol. The highest BCUT2D eigenvalue weighted by molar-refractivity contribution is 7.12. The van der Waals surface area contributed by atoms with Crippen molar-refractivity contribution in [2.24, 2.45) is 0 Å². The van der Waals surface area contributed by atoms with Gasteiger partial charge in [0.1, 0.15) is 0 Å². The number of anilines is 1. The van der Waals surface area contributed by atoms with Crippen LogP contribution in [0.5, 0.6) is 0 Å². The first-order chi connectivity index (χ1) is 9.63. The summed E-state index contributed by atoms with van der Waals surface area (Å²) in [7, 11) is 0. The van der Waals surface area contributed by atoms with E-state index in [2.05, 4.69) is 20.3 Å². The minimum atomic E-state index is -1.16. The molecular formula is C12H8N4O3S. The molecule has 3 aromatic rings. The topological polar surface area (TPSA) is 108 Å². The van der Waals surface area contributed by atoms with E-state index < -0.39 is 11.9 Å². The molecule has 0 aliphatic heterocycles.